The van der Waals surface area contributed by atoms with Gasteiger partial charge in [0.25, 0.3) is 0 Å². The van der Waals surface area contributed by atoms with E-state index in [1.165, 1.54) is 6.07 Å². The monoisotopic (exact) mass is 319 g/mol. The molecule has 0 heterocycles. The van der Waals surface area contributed by atoms with Crippen LogP contribution in [-0.2, 0) is 11.0 Å². The van der Waals surface area contributed by atoms with Gasteiger partial charge in [0.2, 0.25) is 0 Å². The number of halogens is 2. The van der Waals surface area contributed by atoms with Gasteiger partial charge in [0, 0.05) is 10.0 Å². The van der Waals surface area contributed by atoms with E-state index >= 15 is 0 Å². The second-order valence-corrected chi connectivity index (χ2v) is 6.92. The zero-order valence-corrected chi connectivity index (χ0v) is 12.4. The van der Waals surface area contributed by atoms with Crippen LogP contribution in [0.4, 0.5) is 4.39 Å². The lowest BCUT2D eigenvalue weighted by Crippen LogP contribution is -2.29. The molecule has 0 bridgehead atoms. The molecule has 0 fully saturated rings. The summed E-state index contributed by atoms with van der Waals surface area (Å²) in [5.41, 5.74) is 1.20. The normalized spacial score (nSPS) is 14.8. The summed E-state index contributed by atoms with van der Waals surface area (Å²) in [4.78, 5) is 0. The highest BCUT2D eigenvalue weighted by Crippen LogP contribution is 2.25. The number of hydrogen-bond donors (Lipinski definition) is 1. The minimum atomic E-state index is -1.49. The van der Waals surface area contributed by atoms with E-state index in [0.29, 0.717) is 11.1 Å². The van der Waals surface area contributed by atoms with Gasteiger partial charge in [0.15, 0.2) is 0 Å². The fraction of sp³-hybridized carbons (Fsp3) is 0.333. The van der Waals surface area contributed by atoms with E-state index < -0.39 is 15.7 Å². The van der Waals surface area contributed by atoms with Crippen LogP contribution in [0.3, 0.4) is 0 Å². The van der Waals surface area contributed by atoms with Gasteiger partial charge in [-0.2, -0.15) is 0 Å². The van der Waals surface area contributed by atoms with E-state index in [2.05, 4.69) is 15.9 Å². The predicted molar refractivity (Wildman–Crippen MR) is 74.2 cm³/mol. The first-order chi connectivity index (χ1) is 7.74. The predicted octanol–water partition coefficient (Wildman–Crippen LogP) is 3.39. The fourth-order valence-electron chi connectivity index (χ4n) is 1.46. The lowest BCUT2D eigenvalue weighted by molar-refractivity contribution is 0.623. The third-order valence-corrected chi connectivity index (χ3v) is 4.08. The van der Waals surface area contributed by atoms with Crippen LogP contribution in [0.25, 0.3) is 5.57 Å². The average Bonchev–Trinajstić information content (AvgIpc) is 2.20. The lowest BCUT2D eigenvalue weighted by atomic mass is 10.0. The van der Waals surface area contributed by atoms with Crippen LogP contribution in [-0.4, -0.2) is 8.96 Å². The standard InChI is InChI=1S/C12H15BrFNOS/c1-8(7-12(2,3)17(15)16)10-6-9(13)4-5-11(10)14/h4-7H,15H2,1-3H3. The van der Waals surface area contributed by atoms with E-state index in [1.807, 2.05) is 0 Å². The maximum absolute atomic E-state index is 13.6. The molecular formula is C12H15BrFNOS. The van der Waals surface area contributed by atoms with Gasteiger partial charge in [-0.3, -0.25) is 5.14 Å². The zero-order chi connectivity index (χ0) is 13.2. The van der Waals surface area contributed by atoms with Crippen LogP contribution >= 0.6 is 15.9 Å². The molecule has 1 atom stereocenters. The van der Waals surface area contributed by atoms with Gasteiger partial charge in [0.05, 0.1) is 15.7 Å². The zero-order valence-electron chi connectivity index (χ0n) is 9.96. The first-order valence-electron chi connectivity index (χ1n) is 5.05. The molecule has 2 nitrogen and oxygen atoms in total. The highest BCUT2D eigenvalue weighted by Gasteiger charge is 2.21. The molecule has 0 aliphatic rings. The van der Waals surface area contributed by atoms with Crippen LogP contribution in [0.15, 0.2) is 28.7 Å². The van der Waals surface area contributed by atoms with Gasteiger partial charge in [-0.05, 0) is 44.5 Å². The Labute approximate surface area is 112 Å². The van der Waals surface area contributed by atoms with Crippen molar-refractivity contribution in [1.29, 1.82) is 0 Å². The molecule has 1 aromatic rings. The quantitative estimate of drug-likeness (QED) is 0.911. The maximum Gasteiger partial charge on any atom is 0.130 e. The molecule has 0 aliphatic carbocycles. The Morgan fingerprint density at radius 1 is 1.53 bits per heavy atom. The summed E-state index contributed by atoms with van der Waals surface area (Å²) >= 11 is 3.29. The summed E-state index contributed by atoms with van der Waals surface area (Å²) in [7, 11) is -1.49. The molecule has 1 aromatic carbocycles. The SMILES string of the molecule is CC(=CC(C)(C)S(N)=O)c1cc(Br)ccc1F. The molecule has 0 aromatic heterocycles. The third kappa shape index (κ3) is 3.72. The Morgan fingerprint density at radius 3 is 2.65 bits per heavy atom. The second kappa shape index (κ2) is 5.42. The van der Waals surface area contributed by atoms with Crippen LogP contribution in [0.5, 0.6) is 0 Å². The molecule has 1 rings (SSSR count). The molecule has 0 saturated heterocycles. The van der Waals surface area contributed by atoms with Gasteiger partial charge in [-0.1, -0.05) is 22.0 Å². The Hall–Kier alpha value is -0.520. The third-order valence-electron chi connectivity index (χ3n) is 2.44. The van der Waals surface area contributed by atoms with Gasteiger partial charge in [-0.15, -0.1) is 0 Å². The Kier molecular flexibility index (Phi) is 4.63. The van der Waals surface area contributed by atoms with Crippen molar-refractivity contribution < 1.29 is 8.60 Å². The number of hydrogen-bond acceptors (Lipinski definition) is 1. The summed E-state index contributed by atoms with van der Waals surface area (Å²) in [5, 5.41) is 5.39. The largest absolute Gasteiger partial charge is 0.251 e. The van der Waals surface area contributed by atoms with Gasteiger partial charge in [0.1, 0.15) is 5.82 Å². The van der Waals surface area contributed by atoms with E-state index in [1.54, 1.807) is 39.0 Å². The van der Waals surface area contributed by atoms with Gasteiger partial charge < -0.3 is 0 Å². The summed E-state index contributed by atoms with van der Waals surface area (Å²) in [6.45, 7) is 5.28. The number of rotatable bonds is 3. The Bertz CT molecular complexity index is 485. The molecule has 5 heteroatoms. The second-order valence-electron chi connectivity index (χ2n) is 4.35. The number of benzene rings is 1. The molecule has 0 saturated carbocycles. The minimum Gasteiger partial charge on any atom is -0.251 e. The van der Waals surface area contributed by atoms with Crippen LogP contribution in [0.2, 0.25) is 0 Å². The molecule has 17 heavy (non-hydrogen) atoms. The first-order valence-corrected chi connectivity index (χ1v) is 7.06. The molecule has 94 valence electrons. The van der Waals surface area contributed by atoms with Crippen molar-refractivity contribution in [2.24, 2.45) is 5.14 Å². The highest BCUT2D eigenvalue weighted by atomic mass is 79.9. The van der Waals surface area contributed by atoms with E-state index in [-0.39, 0.29) is 5.82 Å². The topological polar surface area (TPSA) is 43.1 Å². The smallest absolute Gasteiger partial charge is 0.130 e. The average molecular weight is 320 g/mol. The minimum absolute atomic E-state index is 0.305. The van der Waals surface area contributed by atoms with Crippen LogP contribution in [0.1, 0.15) is 26.3 Å². The van der Waals surface area contributed by atoms with Gasteiger partial charge in [-0.25, -0.2) is 8.60 Å². The number of allylic oxidation sites excluding steroid dienone is 1. The van der Waals surface area contributed by atoms with Crippen molar-refractivity contribution >= 4 is 32.5 Å². The van der Waals surface area contributed by atoms with E-state index in [9.17, 15) is 8.60 Å². The number of nitrogens with two attached hydrogens (primary N) is 1. The Balaban J connectivity index is 3.20. The fourth-order valence-corrected chi connectivity index (χ4v) is 2.11. The Morgan fingerprint density at radius 2 is 2.12 bits per heavy atom. The van der Waals surface area contributed by atoms with Crippen molar-refractivity contribution in [2.45, 2.75) is 25.5 Å². The van der Waals surface area contributed by atoms with Crippen molar-refractivity contribution in [3.63, 3.8) is 0 Å². The molecule has 0 spiro atoms. The van der Waals surface area contributed by atoms with E-state index in [4.69, 9.17) is 5.14 Å². The molecule has 0 amide bonds. The van der Waals surface area contributed by atoms with Crippen molar-refractivity contribution in [3.8, 4) is 0 Å². The summed E-state index contributed by atoms with van der Waals surface area (Å²) in [5.74, 6) is -0.305. The van der Waals surface area contributed by atoms with Gasteiger partial charge >= 0.3 is 0 Å². The summed E-state index contributed by atoms with van der Waals surface area (Å²) < 4.78 is 25.1. The van der Waals surface area contributed by atoms with Crippen LogP contribution < -0.4 is 5.14 Å². The molecule has 0 radical (unpaired) electrons. The van der Waals surface area contributed by atoms with Crippen molar-refractivity contribution in [1.82, 2.24) is 0 Å². The summed E-state index contributed by atoms with van der Waals surface area (Å²) in [6.07, 6.45) is 1.73. The maximum atomic E-state index is 13.6. The first kappa shape index (κ1) is 14.5. The van der Waals surface area contributed by atoms with E-state index in [0.717, 1.165) is 4.47 Å². The lowest BCUT2D eigenvalue weighted by Gasteiger charge is -2.18. The molecule has 0 aliphatic heterocycles. The molecular weight excluding hydrogens is 305 g/mol. The highest BCUT2D eigenvalue weighted by molar-refractivity contribution is 9.10. The molecule has 2 N–H and O–H groups in total. The van der Waals surface area contributed by atoms with Crippen LogP contribution in [0, 0.1) is 5.82 Å². The van der Waals surface area contributed by atoms with Crippen molar-refractivity contribution in [3.05, 3.63) is 40.1 Å². The van der Waals surface area contributed by atoms with Crippen molar-refractivity contribution in [2.75, 3.05) is 0 Å². The summed E-state index contributed by atoms with van der Waals surface area (Å²) in [6, 6.07) is 4.72. The molecule has 1 unspecified atom stereocenters.